The fourth-order valence-corrected chi connectivity index (χ4v) is 2.73. The summed E-state index contributed by atoms with van der Waals surface area (Å²) in [5.74, 6) is 18.0. The van der Waals surface area contributed by atoms with E-state index in [1.54, 1.807) is 0 Å². The average molecular weight is 350 g/mol. The number of hydrogen-bond acceptors (Lipinski definition) is 9. The molecule has 0 fully saturated rings. The SMILES string of the molecule is C#CCSc1nnc(CC(O)c2nnc(SCC#C)n2N)n1N. The normalized spacial score (nSPS) is 11.8. The number of rotatable bonds is 7. The first kappa shape index (κ1) is 17.0. The summed E-state index contributed by atoms with van der Waals surface area (Å²) in [7, 11) is 0. The van der Waals surface area contributed by atoms with Crippen molar-refractivity contribution in [1.82, 2.24) is 29.7 Å². The van der Waals surface area contributed by atoms with E-state index in [0.717, 1.165) is 0 Å². The van der Waals surface area contributed by atoms with E-state index in [1.807, 2.05) is 0 Å². The fourth-order valence-electron chi connectivity index (χ4n) is 1.64. The first-order chi connectivity index (χ1) is 11.1. The van der Waals surface area contributed by atoms with Gasteiger partial charge in [-0.1, -0.05) is 35.4 Å². The van der Waals surface area contributed by atoms with Gasteiger partial charge in [0.2, 0.25) is 10.3 Å². The summed E-state index contributed by atoms with van der Waals surface area (Å²) in [6.07, 6.45) is 9.41. The number of aliphatic hydroxyl groups is 1. The van der Waals surface area contributed by atoms with Crippen LogP contribution in [0.25, 0.3) is 0 Å². The van der Waals surface area contributed by atoms with Crippen LogP contribution in [0.5, 0.6) is 0 Å². The molecule has 0 aliphatic carbocycles. The van der Waals surface area contributed by atoms with Crippen LogP contribution >= 0.6 is 23.5 Å². The number of nitrogens with two attached hydrogens (primary N) is 2. The lowest BCUT2D eigenvalue weighted by Crippen LogP contribution is -2.21. The monoisotopic (exact) mass is 350 g/mol. The molecule has 5 N–H and O–H groups in total. The Morgan fingerprint density at radius 3 is 2.17 bits per heavy atom. The van der Waals surface area contributed by atoms with E-state index in [9.17, 15) is 5.11 Å². The van der Waals surface area contributed by atoms with Crippen molar-refractivity contribution >= 4 is 23.5 Å². The van der Waals surface area contributed by atoms with E-state index in [1.165, 1.54) is 32.9 Å². The van der Waals surface area contributed by atoms with Gasteiger partial charge < -0.3 is 16.8 Å². The molecule has 1 atom stereocenters. The lowest BCUT2D eigenvalue weighted by molar-refractivity contribution is 0.161. The largest absolute Gasteiger partial charge is 0.385 e. The van der Waals surface area contributed by atoms with Crippen LogP contribution in [0.15, 0.2) is 10.3 Å². The van der Waals surface area contributed by atoms with Gasteiger partial charge in [-0.05, 0) is 0 Å². The summed E-state index contributed by atoms with van der Waals surface area (Å²) in [4.78, 5) is 0. The molecule has 0 saturated heterocycles. The standard InChI is InChI=1S/C12H14N8OS2/c1-3-5-22-11-17-15-9(19(11)13)7-8(21)10-16-18-12(20(10)14)23-6-4-2/h1-2,8,21H,5-7,13-14H2. The van der Waals surface area contributed by atoms with Gasteiger partial charge in [0, 0.05) is 6.42 Å². The van der Waals surface area contributed by atoms with Gasteiger partial charge >= 0.3 is 0 Å². The maximum absolute atomic E-state index is 10.3. The van der Waals surface area contributed by atoms with Gasteiger partial charge in [0.05, 0.1) is 11.5 Å². The van der Waals surface area contributed by atoms with Gasteiger partial charge in [-0.2, -0.15) is 0 Å². The molecule has 0 bridgehead atoms. The van der Waals surface area contributed by atoms with E-state index < -0.39 is 6.10 Å². The molecule has 0 radical (unpaired) electrons. The molecule has 0 aliphatic heterocycles. The highest BCUT2D eigenvalue weighted by atomic mass is 32.2. The smallest absolute Gasteiger partial charge is 0.210 e. The predicted octanol–water partition coefficient (Wildman–Crippen LogP) is -0.976. The van der Waals surface area contributed by atoms with Gasteiger partial charge in [0.25, 0.3) is 0 Å². The third-order valence-electron chi connectivity index (χ3n) is 2.67. The Bertz CT molecular complexity index is 756. The number of thioether (sulfide) groups is 2. The van der Waals surface area contributed by atoms with E-state index >= 15 is 0 Å². The summed E-state index contributed by atoms with van der Waals surface area (Å²) in [5, 5.41) is 26.7. The van der Waals surface area contributed by atoms with Gasteiger partial charge in [0.15, 0.2) is 11.6 Å². The highest BCUT2D eigenvalue weighted by Crippen LogP contribution is 2.21. The highest BCUT2D eigenvalue weighted by molar-refractivity contribution is 7.99. The van der Waals surface area contributed by atoms with Crippen LogP contribution in [0, 0.1) is 24.7 Å². The fraction of sp³-hybridized carbons (Fsp3) is 0.333. The van der Waals surface area contributed by atoms with Crippen molar-refractivity contribution in [2.24, 2.45) is 0 Å². The number of terminal acetylenes is 2. The minimum atomic E-state index is -1.04. The molecule has 0 aliphatic rings. The van der Waals surface area contributed by atoms with Crippen molar-refractivity contribution in [3.63, 3.8) is 0 Å². The molecule has 120 valence electrons. The number of nitrogens with zero attached hydrogens (tertiary/aromatic N) is 6. The first-order valence-electron chi connectivity index (χ1n) is 6.28. The van der Waals surface area contributed by atoms with Gasteiger partial charge in [-0.25, -0.2) is 9.35 Å². The molecular formula is C12H14N8OS2. The Labute approximate surface area is 141 Å². The number of aliphatic hydroxyl groups excluding tert-OH is 1. The summed E-state index contributed by atoms with van der Waals surface area (Å²) in [5.41, 5.74) is 0. The molecule has 0 amide bonds. The number of aromatic nitrogens is 6. The molecule has 0 saturated carbocycles. The number of nitrogen functional groups attached to an aromatic ring is 2. The summed E-state index contributed by atoms with van der Waals surface area (Å²) >= 11 is 2.52. The van der Waals surface area contributed by atoms with Crippen LogP contribution in [0.3, 0.4) is 0 Å². The van der Waals surface area contributed by atoms with Crippen LogP contribution < -0.4 is 11.7 Å². The number of hydrogen-bond donors (Lipinski definition) is 3. The molecule has 11 heteroatoms. The average Bonchev–Trinajstić information content (AvgIpc) is 3.07. The van der Waals surface area contributed by atoms with Gasteiger partial charge in [-0.3, -0.25) is 0 Å². The second-order valence-corrected chi connectivity index (χ2v) is 6.07. The molecule has 1 unspecified atom stereocenters. The van der Waals surface area contributed by atoms with Crippen LogP contribution in [0.4, 0.5) is 0 Å². The Morgan fingerprint density at radius 2 is 1.57 bits per heavy atom. The lowest BCUT2D eigenvalue weighted by Gasteiger charge is -2.09. The molecule has 2 aromatic rings. The Morgan fingerprint density at radius 1 is 1.00 bits per heavy atom. The molecule has 2 aromatic heterocycles. The third kappa shape index (κ3) is 3.90. The molecule has 23 heavy (non-hydrogen) atoms. The van der Waals surface area contributed by atoms with E-state index in [0.29, 0.717) is 27.6 Å². The maximum atomic E-state index is 10.3. The van der Waals surface area contributed by atoms with E-state index in [-0.39, 0.29) is 12.2 Å². The Kier molecular flexibility index (Phi) is 5.76. The van der Waals surface area contributed by atoms with Crippen LogP contribution in [-0.2, 0) is 6.42 Å². The molecular weight excluding hydrogens is 336 g/mol. The second kappa shape index (κ2) is 7.78. The van der Waals surface area contributed by atoms with Crippen LogP contribution in [-0.4, -0.2) is 46.4 Å². The second-order valence-electron chi connectivity index (χ2n) is 4.19. The Hall–Kier alpha value is -2.34. The molecule has 2 heterocycles. The predicted molar refractivity (Wildman–Crippen MR) is 88.1 cm³/mol. The Balaban J connectivity index is 2.09. The van der Waals surface area contributed by atoms with Gasteiger partial charge in [-0.15, -0.1) is 33.2 Å². The molecule has 2 rings (SSSR count). The third-order valence-corrected chi connectivity index (χ3v) is 4.36. The highest BCUT2D eigenvalue weighted by Gasteiger charge is 2.21. The van der Waals surface area contributed by atoms with E-state index in [4.69, 9.17) is 24.5 Å². The first-order valence-corrected chi connectivity index (χ1v) is 8.26. The van der Waals surface area contributed by atoms with Crippen molar-refractivity contribution in [2.45, 2.75) is 22.8 Å². The van der Waals surface area contributed by atoms with Crippen LogP contribution in [0.2, 0.25) is 0 Å². The van der Waals surface area contributed by atoms with Crippen molar-refractivity contribution in [2.75, 3.05) is 23.2 Å². The van der Waals surface area contributed by atoms with Crippen LogP contribution in [0.1, 0.15) is 17.8 Å². The minimum Gasteiger partial charge on any atom is -0.385 e. The summed E-state index contributed by atoms with van der Waals surface area (Å²) < 4.78 is 2.47. The summed E-state index contributed by atoms with van der Waals surface area (Å²) in [6, 6.07) is 0. The topological polar surface area (TPSA) is 134 Å². The van der Waals surface area contributed by atoms with Crippen molar-refractivity contribution < 1.29 is 5.11 Å². The zero-order valence-corrected chi connectivity index (χ0v) is 13.6. The molecule has 9 nitrogen and oxygen atoms in total. The maximum Gasteiger partial charge on any atom is 0.210 e. The van der Waals surface area contributed by atoms with E-state index in [2.05, 4.69) is 32.2 Å². The lowest BCUT2D eigenvalue weighted by atomic mass is 10.2. The quantitative estimate of drug-likeness (QED) is 0.327. The molecule has 0 aromatic carbocycles. The summed E-state index contributed by atoms with van der Waals surface area (Å²) in [6.45, 7) is 0. The zero-order valence-electron chi connectivity index (χ0n) is 12.0. The van der Waals surface area contributed by atoms with Crippen molar-refractivity contribution in [1.29, 1.82) is 0 Å². The van der Waals surface area contributed by atoms with Gasteiger partial charge in [0.1, 0.15) is 6.10 Å². The minimum absolute atomic E-state index is 0.0786. The molecule has 0 spiro atoms. The van der Waals surface area contributed by atoms with Crippen molar-refractivity contribution in [3.05, 3.63) is 11.6 Å². The van der Waals surface area contributed by atoms with Crippen molar-refractivity contribution in [3.8, 4) is 24.7 Å². The zero-order chi connectivity index (χ0) is 16.8.